The summed E-state index contributed by atoms with van der Waals surface area (Å²) < 4.78 is 0. The van der Waals surface area contributed by atoms with Crippen molar-refractivity contribution in [3.8, 4) is 0 Å². The minimum atomic E-state index is 0.0715. The van der Waals surface area contributed by atoms with Crippen molar-refractivity contribution < 1.29 is 4.79 Å². The Hall–Kier alpha value is -0.0900. The summed E-state index contributed by atoms with van der Waals surface area (Å²) in [6, 6.07) is 0.604. The molecule has 0 unspecified atom stereocenters. The highest BCUT2D eigenvalue weighted by Gasteiger charge is 2.02. The topological polar surface area (TPSA) is 32.3 Å². The Morgan fingerprint density at radius 1 is 1.43 bits per heavy atom. The highest BCUT2D eigenvalue weighted by atomic mass is 79.9. The Kier molecular flexibility index (Phi) is 8.18. The zero-order valence-electron chi connectivity index (χ0n) is 9.35. The van der Waals surface area contributed by atoms with E-state index in [4.69, 9.17) is 0 Å². The molecule has 0 aromatic heterocycles. The molecule has 3 nitrogen and oxygen atoms in total. The van der Waals surface area contributed by atoms with Gasteiger partial charge in [0.1, 0.15) is 0 Å². The van der Waals surface area contributed by atoms with Gasteiger partial charge in [-0.3, -0.25) is 4.79 Å². The SMILES string of the molecule is CC(C)N(C)CCCCNC(=O)CBr. The summed E-state index contributed by atoms with van der Waals surface area (Å²) in [6.07, 6.45) is 2.19. The molecular formula is C10H21BrN2O. The van der Waals surface area contributed by atoms with E-state index in [2.05, 4.69) is 47.0 Å². The zero-order chi connectivity index (χ0) is 11.0. The van der Waals surface area contributed by atoms with Crippen molar-refractivity contribution >= 4 is 21.8 Å². The lowest BCUT2D eigenvalue weighted by atomic mass is 10.2. The molecule has 0 aromatic rings. The Labute approximate surface area is 95.4 Å². The Morgan fingerprint density at radius 3 is 2.57 bits per heavy atom. The van der Waals surface area contributed by atoms with Crippen LogP contribution in [0.15, 0.2) is 0 Å². The maximum Gasteiger partial charge on any atom is 0.230 e. The van der Waals surface area contributed by atoms with E-state index in [1.807, 2.05) is 0 Å². The number of hydrogen-bond acceptors (Lipinski definition) is 2. The molecule has 0 aliphatic rings. The monoisotopic (exact) mass is 264 g/mol. The van der Waals surface area contributed by atoms with Crippen molar-refractivity contribution in [3.05, 3.63) is 0 Å². The molecule has 0 aromatic carbocycles. The maximum atomic E-state index is 10.8. The standard InChI is InChI=1S/C10H21BrN2O/c1-9(2)13(3)7-5-4-6-12-10(14)8-11/h9H,4-8H2,1-3H3,(H,12,14). The predicted molar refractivity (Wildman–Crippen MR) is 63.8 cm³/mol. The van der Waals surface area contributed by atoms with Crippen molar-refractivity contribution in [2.24, 2.45) is 0 Å². The van der Waals surface area contributed by atoms with Crippen molar-refractivity contribution in [1.82, 2.24) is 10.2 Å². The van der Waals surface area contributed by atoms with Gasteiger partial charge in [-0.1, -0.05) is 15.9 Å². The van der Waals surface area contributed by atoms with Gasteiger partial charge in [-0.2, -0.15) is 0 Å². The van der Waals surface area contributed by atoms with Gasteiger partial charge in [-0.15, -0.1) is 0 Å². The predicted octanol–water partition coefficient (Wildman–Crippen LogP) is 1.62. The number of carbonyl (C=O) groups excluding carboxylic acids is 1. The molecule has 1 N–H and O–H groups in total. The summed E-state index contributed by atoms with van der Waals surface area (Å²) in [7, 11) is 2.13. The number of hydrogen-bond donors (Lipinski definition) is 1. The van der Waals surface area contributed by atoms with Crippen molar-refractivity contribution in [1.29, 1.82) is 0 Å². The Morgan fingerprint density at radius 2 is 2.07 bits per heavy atom. The lowest BCUT2D eigenvalue weighted by molar-refractivity contribution is -0.118. The molecule has 84 valence electrons. The molecule has 4 heteroatoms. The van der Waals surface area contributed by atoms with Crippen LogP contribution in [-0.2, 0) is 4.79 Å². The minimum Gasteiger partial charge on any atom is -0.355 e. The largest absolute Gasteiger partial charge is 0.355 e. The van der Waals surface area contributed by atoms with E-state index in [0.717, 1.165) is 25.9 Å². The zero-order valence-corrected chi connectivity index (χ0v) is 10.9. The molecule has 0 bridgehead atoms. The molecule has 14 heavy (non-hydrogen) atoms. The molecule has 0 radical (unpaired) electrons. The summed E-state index contributed by atoms with van der Waals surface area (Å²) in [5.41, 5.74) is 0. The van der Waals surface area contributed by atoms with Crippen LogP contribution in [0.1, 0.15) is 26.7 Å². The van der Waals surface area contributed by atoms with Crippen LogP contribution in [0.3, 0.4) is 0 Å². The van der Waals surface area contributed by atoms with Crippen molar-refractivity contribution in [3.63, 3.8) is 0 Å². The van der Waals surface area contributed by atoms with E-state index in [0.29, 0.717) is 11.4 Å². The molecule has 1 amide bonds. The number of nitrogens with one attached hydrogen (secondary N) is 1. The van der Waals surface area contributed by atoms with Crippen LogP contribution >= 0.6 is 15.9 Å². The van der Waals surface area contributed by atoms with E-state index < -0.39 is 0 Å². The molecule has 0 fully saturated rings. The average Bonchev–Trinajstić information content (AvgIpc) is 2.16. The number of unbranched alkanes of at least 4 members (excludes halogenated alkanes) is 1. The lowest BCUT2D eigenvalue weighted by Gasteiger charge is -2.20. The number of rotatable bonds is 7. The fraction of sp³-hybridized carbons (Fsp3) is 0.900. The summed E-state index contributed by atoms with van der Waals surface area (Å²) in [5.74, 6) is 0.0715. The third-order valence-electron chi connectivity index (χ3n) is 2.26. The van der Waals surface area contributed by atoms with Crippen LogP contribution in [0.4, 0.5) is 0 Å². The van der Waals surface area contributed by atoms with Crippen LogP contribution in [0.5, 0.6) is 0 Å². The summed E-state index contributed by atoms with van der Waals surface area (Å²) in [6.45, 7) is 6.26. The van der Waals surface area contributed by atoms with Gasteiger partial charge in [-0.05, 0) is 40.3 Å². The van der Waals surface area contributed by atoms with E-state index in [-0.39, 0.29) is 5.91 Å². The molecule has 0 aliphatic carbocycles. The molecule has 0 saturated heterocycles. The molecule has 0 atom stereocenters. The first-order valence-electron chi connectivity index (χ1n) is 5.10. The molecule has 0 heterocycles. The first-order valence-corrected chi connectivity index (χ1v) is 6.23. The van der Waals surface area contributed by atoms with Crippen molar-refractivity contribution in [2.45, 2.75) is 32.7 Å². The lowest BCUT2D eigenvalue weighted by Crippen LogP contribution is -2.29. The first-order chi connectivity index (χ1) is 6.57. The quantitative estimate of drug-likeness (QED) is 0.560. The second kappa shape index (κ2) is 8.24. The molecule has 0 rings (SSSR count). The fourth-order valence-corrected chi connectivity index (χ4v) is 1.22. The first kappa shape index (κ1) is 13.9. The van der Waals surface area contributed by atoms with Gasteiger partial charge < -0.3 is 10.2 Å². The number of nitrogens with zero attached hydrogens (tertiary/aromatic N) is 1. The summed E-state index contributed by atoms with van der Waals surface area (Å²) >= 11 is 3.11. The summed E-state index contributed by atoms with van der Waals surface area (Å²) in [5, 5.41) is 3.23. The van der Waals surface area contributed by atoms with E-state index in [9.17, 15) is 4.79 Å². The van der Waals surface area contributed by atoms with Gasteiger partial charge in [0.2, 0.25) is 5.91 Å². The summed E-state index contributed by atoms with van der Waals surface area (Å²) in [4.78, 5) is 13.2. The van der Waals surface area contributed by atoms with Crippen LogP contribution in [0.25, 0.3) is 0 Å². The highest BCUT2D eigenvalue weighted by molar-refractivity contribution is 9.09. The van der Waals surface area contributed by atoms with Crippen LogP contribution in [-0.4, -0.2) is 42.3 Å². The van der Waals surface area contributed by atoms with E-state index >= 15 is 0 Å². The second-order valence-corrected chi connectivity index (χ2v) is 4.33. The minimum absolute atomic E-state index is 0.0715. The average molecular weight is 265 g/mol. The Balaban J connectivity index is 3.25. The number of amides is 1. The number of carbonyl (C=O) groups is 1. The maximum absolute atomic E-state index is 10.8. The van der Waals surface area contributed by atoms with Gasteiger partial charge in [0.25, 0.3) is 0 Å². The third kappa shape index (κ3) is 7.33. The second-order valence-electron chi connectivity index (χ2n) is 3.77. The van der Waals surface area contributed by atoms with Crippen LogP contribution in [0, 0.1) is 0 Å². The number of halogens is 1. The van der Waals surface area contributed by atoms with Crippen molar-refractivity contribution in [2.75, 3.05) is 25.5 Å². The molecule has 0 aliphatic heterocycles. The normalized spacial score (nSPS) is 11.0. The van der Waals surface area contributed by atoms with Crippen LogP contribution < -0.4 is 5.32 Å². The third-order valence-corrected chi connectivity index (χ3v) is 2.77. The van der Waals surface area contributed by atoms with E-state index in [1.54, 1.807) is 0 Å². The number of alkyl halides is 1. The van der Waals surface area contributed by atoms with Crippen LogP contribution in [0.2, 0.25) is 0 Å². The van der Waals surface area contributed by atoms with Gasteiger partial charge in [0.05, 0.1) is 5.33 Å². The molecular weight excluding hydrogens is 244 g/mol. The fourth-order valence-electron chi connectivity index (χ4n) is 1.02. The van der Waals surface area contributed by atoms with Gasteiger partial charge in [0.15, 0.2) is 0 Å². The highest BCUT2D eigenvalue weighted by Crippen LogP contribution is 1.97. The Bertz CT molecular complexity index is 162. The molecule has 0 saturated carbocycles. The molecule has 0 spiro atoms. The van der Waals surface area contributed by atoms with Gasteiger partial charge in [0, 0.05) is 12.6 Å². The smallest absolute Gasteiger partial charge is 0.230 e. The van der Waals surface area contributed by atoms with Gasteiger partial charge in [-0.25, -0.2) is 0 Å². The van der Waals surface area contributed by atoms with Gasteiger partial charge >= 0.3 is 0 Å². The van der Waals surface area contributed by atoms with E-state index in [1.165, 1.54) is 0 Å².